The summed E-state index contributed by atoms with van der Waals surface area (Å²) >= 11 is 0. The molecule has 0 atom stereocenters. The first-order valence-corrected chi connectivity index (χ1v) is 10.2. The smallest absolute Gasteiger partial charge is 0.0984 e. The Hall–Kier alpha value is -3.11. The fourth-order valence-electron chi connectivity index (χ4n) is 4.09. The highest BCUT2D eigenvalue weighted by molar-refractivity contribution is 6.14. The number of benzene rings is 3. The predicted octanol–water partition coefficient (Wildman–Crippen LogP) is 4.60. The highest BCUT2D eigenvalue weighted by Crippen LogP contribution is 2.30. The van der Waals surface area contributed by atoms with E-state index >= 15 is 0 Å². The van der Waals surface area contributed by atoms with Gasteiger partial charge in [0, 0.05) is 29.9 Å². The molecule has 2 heterocycles. The van der Waals surface area contributed by atoms with Crippen LogP contribution >= 0.6 is 0 Å². The third-order valence-electron chi connectivity index (χ3n) is 5.61. The van der Waals surface area contributed by atoms with Gasteiger partial charge >= 0.3 is 0 Å². The van der Waals surface area contributed by atoms with Gasteiger partial charge in [0.15, 0.2) is 0 Å². The lowest BCUT2D eigenvalue weighted by Crippen LogP contribution is -2.36. The Labute approximate surface area is 172 Å². The van der Waals surface area contributed by atoms with Crippen molar-refractivity contribution >= 4 is 17.1 Å². The van der Waals surface area contributed by atoms with Crippen molar-refractivity contribution in [2.45, 2.75) is 13.5 Å². The fraction of sp³-hybridized carbons (Fsp3) is 0.240. The molecule has 1 fully saturated rings. The lowest BCUT2D eigenvalue weighted by Gasteiger charge is -2.31. The van der Waals surface area contributed by atoms with E-state index in [4.69, 9.17) is 9.84 Å². The summed E-state index contributed by atoms with van der Waals surface area (Å²) in [7, 11) is 0. The van der Waals surface area contributed by atoms with E-state index in [0.717, 1.165) is 49.8 Å². The molecule has 1 saturated heterocycles. The molecule has 5 rings (SSSR count). The molecule has 0 unspecified atom stereocenters. The molecule has 2 aliphatic rings. The zero-order valence-corrected chi connectivity index (χ0v) is 16.7. The van der Waals surface area contributed by atoms with E-state index in [-0.39, 0.29) is 0 Å². The number of nitrogens with zero attached hydrogens (tertiary/aromatic N) is 3. The number of hydrazone groups is 1. The molecule has 0 amide bonds. The van der Waals surface area contributed by atoms with Crippen LogP contribution in [-0.4, -0.2) is 32.0 Å². The summed E-state index contributed by atoms with van der Waals surface area (Å²) in [5.74, 6) is 0. The van der Waals surface area contributed by atoms with Crippen LogP contribution in [0.1, 0.15) is 22.3 Å². The average Bonchev–Trinajstić information content (AvgIpc) is 2.79. The minimum Gasteiger partial charge on any atom is -0.378 e. The maximum atomic E-state index is 5.51. The van der Waals surface area contributed by atoms with Crippen molar-refractivity contribution in [1.82, 2.24) is 0 Å². The van der Waals surface area contributed by atoms with E-state index in [9.17, 15) is 0 Å². The molecule has 0 N–H and O–H groups in total. The Morgan fingerprint density at radius 2 is 1.62 bits per heavy atom. The van der Waals surface area contributed by atoms with Gasteiger partial charge < -0.3 is 9.64 Å². The van der Waals surface area contributed by atoms with Crippen LogP contribution in [0.2, 0.25) is 0 Å². The van der Waals surface area contributed by atoms with Gasteiger partial charge in [0.25, 0.3) is 0 Å². The molecule has 146 valence electrons. The van der Waals surface area contributed by atoms with E-state index < -0.39 is 0 Å². The number of hydrogen-bond acceptors (Lipinski definition) is 4. The van der Waals surface area contributed by atoms with Gasteiger partial charge in [0.05, 0.1) is 31.2 Å². The molecule has 29 heavy (non-hydrogen) atoms. The summed E-state index contributed by atoms with van der Waals surface area (Å²) in [5.41, 5.74) is 8.31. The van der Waals surface area contributed by atoms with Gasteiger partial charge in [-0.15, -0.1) is 0 Å². The van der Waals surface area contributed by atoms with E-state index in [2.05, 4.69) is 89.6 Å². The van der Waals surface area contributed by atoms with Crippen molar-refractivity contribution in [3.63, 3.8) is 0 Å². The minimum atomic E-state index is 0.776. The second-order valence-electron chi connectivity index (χ2n) is 7.65. The summed E-state index contributed by atoms with van der Waals surface area (Å²) < 4.78 is 5.51. The highest BCUT2D eigenvalue weighted by atomic mass is 16.5. The van der Waals surface area contributed by atoms with Crippen LogP contribution in [0.25, 0.3) is 0 Å². The molecule has 3 aromatic carbocycles. The predicted molar refractivity (Wildman–Crippen MR) is 119 cm³/mol. The number of rotatable bonds is 3. The standard InChI is InChI=1S/C25H25N3O/c1-19-6-4-8-20(16-19)25-24-11-3-2-7-21(24)18-28(26-25)23-10-5-9-22(17-23)27-12-14-29-15-13-27/h2-11,16-17H,12-15,18H2,1H3. The van der Waals surface area contributed by atoms with Gasteiger partial charge in [0.2, 0.25) is 0 Å². The number of ether oxygens (including phenoxy) is 1. The summed E-state index contributed by atoms with van der Waals surface area (Å²) in [6, 6.07) is 25.9. The Morgan fingerprint density at radius 1 is 0.828 bits per heavy atom. The van der Waals surface area contributed by atoms with Gasteiger partial charge in [-0.2, -0.15) is 5.10 Å². The summed E-state index contributed by atoms with van der Waals surface area (Å²) in [6.07, 6.45) is 0. The quantitative estimate of drug-likeness (QED) is 0.661. The van der Waals surface area contributed by atoms with Crippen LogP contribution in [0.15, 0.2) is 77.9 Å². The summed E-state index contributed by atoms with van der Waals surface area (Å²) in [6.45, 7) is 6.35. The number of anilines is 2. The Balaban J connectivity index is 1.55. The van der Waals surface area contributed by atoms with Gasteiger partial charge in [-0.05, 0) is 36.8 Å². The zero-order valence-electron chi connectivity index (χ0n) is 16.7. The van der Waals surface area contributed by atoms with E-state index in [1.807, 2.05) is 0 Å². The molecule has 0 aromatic heterocycles. The zero-order chi connectivity index (χ0) is 19.6. The molecule has 0 bridgehead atoms. The van der Waals surface area contributed by atoms with Crippen LogP contribution in [-0.2, 0) is 11.3 Å². The minimum absolute atomic E-state index is 0.776. The van der Waals surface area contributed by atoms with Crippen molar-refractivity contribution in [1.29, 1.82) is 0 Å². The molecule has 0 spiro atoms. The number of hydrogen-bond donors (Lipinski definition) is 0. The Bertz CT molecular complexity index is 1050. The number of fused-ring (bicyclic) bond motifs is 1. The molecule has 3 aromatic rings. The molecule has 4 nitrogen and oxygen atoms in total. The SMILES string of the molecule is Cc1cccc(C2=NN(c3cccc(N4CCOCC4)c3)Cc3ccccc32)c1. The van der Waals surface area contributed by atoms with Crippen molar-refractivity contribution in [3.05, 3.63) is 95.1 Å². The largest absolute Gasteiger partial charge is 0.378 e. The monoisotopic (exact) mass is 383 g/mol. The molecular formula is C25H25N3O. The number of morpholine rings is 1. The van der Waals surface area contributed by atoms with Crippen molar-refractivity contribution in [3.8, 4) is 0 Å². The summed E-state index contributed by atoms with van der Waals surface area (Å²) in [4.78, 5) is 2.38. The summed E-state index contributed by atoms with van der Waals surface area (Å²) in [5, 5.41) is 7.23. The van der Waals surface area contributed by atoms with Crippen LogP contribution in [0, 0.1) is 6.92 Å². The van der Waals surface area contributed by atoms with Crippen molar-refractivity contribution in [2.75, 3.05) is 36.2 Å². The van der Waals surface area contributed by atoms with Gasteiger partial charge in [-0.25, -0.2) is 0 Å². The highest BCUT2D eigenvalue weighted by Gasteiger charge is 2.22. The fourth-order valence-corrected chi connectivity index (χ4v) is 4.09. The molecule has 2 aliphatic heterocycles. The van der Waals surface area contributed by atoms with Crippen LogP contribution < -0.4 is 9.91 Å². The molecular weight excluding hydrogens is 358 g/mol. The Kier molecular flexibility index (Phi) is 4.78. The number of aryl methyl sites for hydroxylation is 1. The topological polar surface area (TPSA) is 28.1 Å². The average molecular weight is 383 g/mol. The van der Waals surface area contributed by atoms with Gasteiger partial charge in [0.1, 0.15) is 0 Å². The van der Waals surface area contributed by atoms with E-state index in [0.29, 0.717) is 0 Å². The first kappa shape index (κ1) is 18.0. The lowest BCUT2D eigenvalue weighted by molar-refractivity contribution is 0.122. The van der Waals surface area contributed by atoms with Crippen molar-refractivity contribution in [2.24, 2.45) is 5.10 Å². The molecule has 4 heteroatoms. The van der Waals surface area contributed by atoms with Gasteiger partial charge in [-0.3, -0.25) is 5.01 Å². The molecule has 0 saturated carbocycles. The second-order valence-corrected chi connectivity index (χ2v) is 7.65. The normalized spacial score (nSPS) is 16.4. The molecule has 0 aliphatic carbocycles. The third-order valence-corrected chi connectivity index (χ3v) is 5.61. The lowest BCUT2D eigenvalue weighted by atomic mass is 9.95. The van der Waals surface area contributed by atoms with Crippen molar-refractivity contribution < 1.29 is 4.74 Å². The third kappa shape index (κ3) is 3.64. The van der Waals surface area contributed by atoms with Crippen LogP contribution in [0.3, 0.4) is 0 Å². The Morgan fingerprint density at radius 3 is 2.48 bits per heavy atom. The van der Waals surface area contributed by atoms with Crippen LogP contribution in [0.5, 0.6) is 0 Å². The van der Waals surface area contributed by atoms with E-state index in [1.165, 1.54) is 22.4 Å². The maximum absolute atomic E-state index is 5.51. The van der Waals surface area contributed by atoms with Crippen LogP contribution in [0.4, 0.5) is 11.4 Å². The maximum Gasteiger partial charge on any atom is 0.0984 e. The first-order valence-electron chi connectivity index (χ1n) is 10.2. The first-order chi connectivity index (χ1) is 14.3. The van der Waals surface area contributed by atoms with Gasteiger partial charge in [-0.1, -0.05) is 54.1 Å². The molecule has 0 radical (unpaired) electrons. The second kappa shape index (κ2) is 7.72. The van der Waals surface area contributed by atoms with E-state index in [1.54, 1.807) is 0 Å².